The molecule has 322 valence electrons. The molecule has 6 atom stereocenters. The lowest BCUT2D eigenvalue weighted by Crippen LogP contribution is -2.53. The molecule has 0 spiro atoms. The van der Waals surface area contributed by atoms with Gasteiger partial charge in [-0.05, 0) is 151 Å². The van der Waals surface area contributed by atoms with E-state index in [1.54, 1.807) is 24.3 Å². The monoisotopic (exact) mass is 795 g/mol. The number of esters is 4. The van der Waals surface area contributed by atoms with Gasteiger partial charge in [0, 0.05) is 33.2 Å². The second-order valence-corrected chi connectivity index (χ2v) is 21.4. The SMILES string of the molecule is CON1C(C)(C)CC(C(=O)OC(OC(=O)C2CC(C)(C)N(C)C2(C)C)C(OC(=O)C2CC(C)(C)N(C)C2(C)C)OC(=O)C2CC(C)(C)N(OC)C2(C)C)C1(C)C. The molecule has 4 fully saturated rings. The number of ether oxygens (including phenoxy) is 4. The molecule has 0 saturated carbocycles. The summed E-state index contributed by atoms with van der Waals surface area (Å²) in [4.78, 5) is 73.6. The molecule has 14 nitrogen and oxygen atoms in total. The third-order valence-corrected chi connectivity index (χ3v) is 14.6. The van der Waals surface area contributed by atoms with Crippen molar-refractivity contribution in [1.82, 2.24) is 19.9 Å². The minimum Gasteiger partial charge on any atom is -0.417 e. The Morgan fingerprint density at radius 2 is 0.625 bits per heavy atom. The maximum absolute atomic E-state index is 14.5. The van der Waals surface area contributed by atoms with Crippen molar-refractivity contribution >= 4 is 23.9 Å². The Morgan fingerprint density at radius 3 is 0.804 bits per heavy atom. The van der Waals surface area contributed by atoms with E-state index in [0.717, 1.165) is 0 Å². The number of nitrogens with zero attached hydrogens (tertiary/aromatic N) is 4. The number of hydrogen-bond donors (Lipinski definition) is 0. The maximum Gasteiger partial charge on any atom is 0.320 e. The van der Waals surface area contributed by atoms with E-state index in [9.17, 15) is 19.2 Å². The predicted molar refractivity (Wildman–Crippen MR) is 210 cm³/mol. The molecule has 14 heteroatoms. The fourth-order valence-corrected chi connectivity index (χ4v) is 10.8. The number of hydroxylamine groups is 4. The van der Waals surface area contributed by atoms with E-state index in [1.165, 1.54) is 0 Å². The number of rotatable bonds is 11. The molecule has 0 radical (unpaired) electrons. The number of likely N-dealkylation sites (tertiary alicyclic amines) is 2. The largest absolute Gasteiger partial charge is 0.417 e. The van der Waals surface area contributed by atoms with Crippen molar-refractivity contribution in [2.45, 2.75) is 193 Å². The standard InChI is InChI=1S/C42H74N4O10/c1-35(2)21-25(39(9,10)43(35)17)29(47)53-33(55-31(49)27-23-37(5,6)45(51-19)41(27,13)14)34(54-30(48)26-22-36(3,4)44(18)40(26,11)12)56-32(50)28-24-38(7,8)46(52-20)42(28,15)16/h25-28,33-34H,21-24H2,1-20H3. The van der Waals surface area contributed by atoms with Crippen molar-refractivity contribution in [2.24, 2.45) is 23.7 Å². The van der Waals surface area contributed by atoms with E-state index in [2.05, 4.69) is 9.80 Å². The van der Waals surface area contributed by atoms with E-state index < -0.39 is 93.4 Å². The van der Waals surface area contributed by atoms with Crippen LogP contribution < -0.4 is 0 Å². The molecule has 0 aromatic carbocycles. The molecule has 4 aliphatic rings. The predicted octanol–water partition coefficient (Wildman–Crippen LogP) is 5.71. The van der Waals surface area contributed by atoms with Crippen LogP contribution in [0, 0.1) is 23.7 Å². The highest BCUT2D eigenvalue weighted by Gasteiger charge is 2.60. The van der Waals surface area contributed by atoms with Gasteiger partial charge in [0.2, 0.25) is 0 Å². The Labute approximate surface area is 336 Å². The van der Waals surface area contributed by atoms with Crippen molar-refractivity contribution < 1.29 is 47.8 Å². The fraction of sp³-hybridized carbons (Fsp3) is 0.905. The van der Waals surface area contributed by atoms with Crippen LogP contribution in [0.1, 0.15) is 136 Å². The highest BCUT2D eigenvalue weighted by Crippen LogP contribution is 2.49. The van der Waals surface area contributed by atoms with Crippen LogP contribution in [0.5, 0.6) is 0 Å². The second kappa shape index (κ2) is 14.7. The summed E-state index contributed by atoms with van der Waals surface area (Å²) in [6.07, 6.45) is -2.25. The van der Waals surface area contributed by atoms with Gasteiger partial charge < -0.3 is 28.6 Å². The van der Waals surface area contributed by atoms with Gasteiger partial charge in [0.15, 0.2) is 0 Å². The zero-order valence-electron chi connectivity index (χ0n) is 38.2. The molecule has 56 heavy (non-hydrogen) atoms. The molecule has 0 N–H and O–H groups in total. The van der Waals surface area contributed by atoms with Gasteiger partial charge in [-0.2, -0.15) is 10.1 Å². The smallest absolute Gasteiger partial charge is 0.320 e. The van der Waals surface area contributed by atoms with E-state index in [4.69, 9.17) is 28.6 Å². The third kappa shape index (κ3) is 7.88. The lowest BCUT2D eigenvalue weighted by Gasteiger charge is -2.39. The third-order valence-electron chi connectivity index (χ3n) is 14.6. The Kier molecular flexibility index (Phi) is 12.2. The first kappa shape index (κ1) is 46.3. The van der Waals surface area contributed by atoms with Crippen LogP contribution in [0.25, 0.3) is 0 Å². The number of carbonyl (C=O) groups is 4. The summed E-state index contributed by atoms with van der Waals surface area (Å²) < 4.78 is 24.8. The van der Waals surface area contributed by atoms with Crippen LogP contribution in [-0.2, 0) is 47.8 Å². The summed E-state index contributed by atoms with van der Waals surface area (Å²) in [5, 5.41) is 3.52. The topological polar surface area (TPSA) is 137 Å². The van der Waals surface area contributed by atoms with Gasteiger partial charge in [-0.25, -0.2) is 0 Å². The molecule has 0 amide bonds. The van der Waals surface area contributed by atoms with Crippen LogP contribution in [0.15, 0.2) is 0 Å². The molecular weight excluding hydrogens is 720 g/mol. The van der Waals surface area contributed by atoms with E-state index in [0.29, 0.717) is 25.7 Å². The number of hydrogen-bond acceptors (Lipinski definition) is 14. The first-order chi connectivity index (χ1) is 25.1. The molecule has 4 saturated heterocycles. The molecule has 0 aromatic heterocycles. The molecule has 4 heterocycles. The van der Waals surface area contributed by atoms with E-state index >= 15 is 0 Å². The summed E-state index contributed by atoms with van der Waals surface area (Å²) in [6, 6.07) is 0. The zero-order chi connectivity index (χ0) is 43.2. The van der Waals surface area contributed by atoms with Gasteiger partial charge in [-0.3, -0.25) is 29.0 Å². The lowest BCUT2D eigenvalue weighted by molar-refractivity contribution is -0.270. The van der Waals surface area contributed by atoms with Crippen LogP contribution in [0.4, 0.5) is 0 Å². The van der Waals surface area contributed by atoms with Crippen molar-refractivity contribution in [3.63, 3.8) is 0 Å². The average Bonchev–Trinajstić information content (AvgIpc) is 3.52. The molecule has 6 unspecified atom stereocenters. The minimum atomic E-state index is -1.92. The van der Waals surface area contributed by atoms with Gasteiger partial charge in [-0.1, -0.05) is 0 Å². The Balaban J connectivity index is 1.81. The lowest BCUT2D eigenvalue weighted by atomic mass is 9.87. The molecule has 0 bridgehead atoms. The van der Waals surface area contributed by atoms with Crippen LogP contribution >= 0.6 is 0 Å². The van der Waals surface area contributed by atoms with E-state index in [1.807, 2.05) is 125 Å². The molecular formula is C42H74N4O10. The van der Waals surface area contributed by atoms with Crippen LogP contribution in [0.2, 0.25) is 0 Å². The van der Waals surface area contributed by atoms with Gasteiger partial charge >= 0.3 is 36.5 Å². The highest BCUT2D eigenvalue weighted by molar-refractivity contribution is 5.79. The average molecular weight is 795 g/mol. The van der Waals surface area contributed by atoms with Gasteiger partial charge in [0.05, 0.1) is 49.0 Å². The summed E-state index contributed by atoms with van der Waals surface area (Å²) >= 11 is 0. The molecule has 4 rings (SSSR count). The Bertz CT molecular complexity index is 1420. The second-order valence-electron chi connectivity index (χ2n) is 21.4. The van der Waals surface area contributed by atoms with Gasteiger partial charge in [0.25, 0.3) is 0 Å². The summed E-state index contributed by atoms with van der Waals surface area (Å²) in [5.41, 5.74) is -4.83. The normalized spacial score (nSPS) is 32.4. The minimum absolute atomic E-state index is 0.349. The highest BCUT2D eigenvalue weighted by atomic mass is 16.8. The van der Waals surface area contributed by atoms with Crippen molar-refractivity contribution in [3.8, 4) is 0 Å². The quantitative estimate of drug-likeness (QED) is 0.187. The number of carbonyl (C=O) groups excluding carboxylic acids is 4. The summed E-state index contributed by atoms with van der Waals surface area (Å²) in [5.74, 6) is -5.59. The molecule has 0 aromatic rings. The van der Waals surface area contributed by atoms with Crippen molar-refractivity contribution in [1.29, 1.82) is 0 Å². The van der Waals surface area contributed by atoms with E-state index in [-0.39, 0.29) is 11.1 Å². The molecule has 4 aliphatic heterocycles. The first-order valence-electron chi connectivity index (χ1n) is 20.1. The van der Waals surface area contributed by atoms with Gasteiger partial charge in [-0.15, -0.1) is 0 Å². The van der Waals surface area contributed by atoms with Crippen molar-refractivity contribution in [2.75, 3.05) is 28.3 Å². The zero-order valence-corrected chi connectivity index (χ0v) is 38.2. The van der Waals surface area contributed by atoms with Gasteiger partial charge in [0.1, 0.15) is 0 Å². The Morgan fingerprint density at radius 1 is 0.411 bits per heavy atom. The van der Waals surface area contributed by atoms with Crippen LogP contribution in [-0.4, -0.2) is 129 Å². The summed E-state index contributed by atoms with van der Waals surface area (Å²) in [6.45, 7) is 31.4. The van der Waals surface area contributed by atoms with Crippen molar-refractivity contribution in [3.05, 3.63) is 0 Å². The Hall–Kier alpha value is -2.36. The summed E-state index contributed by atoms with van der Waals surface area (Å²) in [7, 11) is 7.02. The fourth-order valence-electron chi connectivity index (χ4n) is 10.8. The van der Waals surface area contributed by atoms with Crippen LogP contribution in [0.3, 0.4) is 0 Å². The maximum atomic E-state index is 14.5. The molecule has 0 aliphatic carbocycles. The first-order valence-corrected chi connectivity index (χ1v) is 20.1.